The van der Waals surface area contributed by atoms with Crippen molar-refractivity contribution in [3.8, 4) is 11.5 Å². The lowest BCUT2D eigenvalue weighted by Crippen LogP contribution is -2.17. The minimum absolute atomic E-state index is 0.179. The monoisotopic (exact) mass is 347 g/mol. The quantitative estimate of drug-likeness (QED) is 0.862. The van der Waals surface area contributed by atoms with Crippen LogP contribution in [0.1, 0.15) is 37.6 Å². The molecule has 0 aliphatic rings. The number of aryl methyl sites for hydroxylation is 2. The number of nitrogens with two attached hydrogens (primary N) is 1. The lowest BCUT2D eigenvalue weighted by Gasteiger charge is -2.19. The SMILES string of the molecule is COc1cc(CCc2nn(C(=O)O)c(N)c2C(C)(C)C)cc(OC)c1. The zero-order valence-electron chi connectivity index (χ0n) is 15.3. The number of carbonyl (C=O) groups is 1. The van der Waals surface area contributed by atoms with Gasteiger partial charge in [-0.15, -0.1) is 4.68 Å². The Labute approximate surface area is 147 Å². The van der Waals surface area contributed by atoms with Crippen molar-refractivity contribution in [1.29, 1.82) is 0 Å². The first kappa shape index (κ1) is 18.6. The number of hydrogen-bond donors (Lipinski definition) is 2. The highest BCUT2D eigenvalue weighted by Gasteiger charge is 2.28. The molecule has 0 saturated heterocycles. The maximum Gasteiger partial charge on any atom is 0.434 e. The van der Waals surface area contributed by atoms with Crippen molar-refractivity contribution in [3.05, 3.63) is 35.0 Å². The molecule has 7 heteroatoms. The normalized spacial score (nSPS) is 11.4. The predicted octanol–water partition coefficient (Wildman–Crippen LogP) is 3.09. The third-order valence-electron chi connectivity index (χ3n) is 3.99. The number of nitrogen functional groups attached to an aromatic ring is 1. The third kappa shape index (κ3) is 4.04. The highest BCUT2D eigenvalue weighted by Crippen LogP contribution is 2.32. The van der Waals surface area contributed by atoms with E-state index in [0.717, 1.165) is 15.8 Å². The zero-order valence-corrected chi connectivity index (χ0v) is 15.3. The lowest BCUT2D eigenvalue weighted by atomic mass is 9.85. The van der Waals surface area contributed by atoms with Crippen molar-refractivity contribution >= 4 is 11.9 Å². The highest BCUT2D eigenvalue weighted by molar-refractivity contribution is 5.73. The fourth-order valence-corrected chi connectivity index (χ4v) is 2.89. The van der Waals surface area contributed by atoms with Crippen LogP contribution in [-0.4, -0.2) is 35.2 Å². The van der Waals surface area contributed by atoms with Crippen LogP contribution < -0.4 is 15.2 Å². The first-order chi connectivity index (χ1) is 11.7. The molecule has 1 heterocycles. The molecule has 0 fully saturated rings. The second-order valence-electron chi connectivity index (χ2n) is 6.87. The average Bonchev–Trinajstić information content (AvgIpc) is 2.89. The molecule has 0 radical (unpaired) electrons. The van der Waals surface area contributed by atoms with Gasteiger partial charge in [-0.25, -0.2) is 4.79 Å². The molecular weight excluding hydrogens is 322 g/mol. The summed E-state index contributed by atoms with van der Waals surface area (Å²) >= 11 is 0. The van der Waals surface area contributed by atoms with Gasteiger partial charge < -0.3 is 20.3 Å². The molecule has 0 bridgehead atoms. The van der Waals surface area contributed by atoms with Crippen molar-refractivity contribution in [1.82, 2.24) is 9.78 Å². The molecule has 7 nitrogen and oxygen atoms in total. The summed E-state index contributed by atoms with van der Waals surface area (Å²) in [5.74, 6) is 1.60. The second kappa shape index (κ2) is 7.04. The summed E-state index contributed by atoms with van der Waals surface area (Å²) < 4.78 is 11.4. The zero-order chi connectivity index (χ0) is 18.8. The van der Waals surface area contributed by atoms with E-state index in [2.05, 4.69) is 5.10 Å². The Hall–Kier alpha value is -2.70. The van der Waals surface area contributed by atoms with E-state index in [1.807, 2.05) is 32.9 Å². The van der Waals surface area contributed by atoms with Crippen LogP contribution in [0.15, 0.2) is 18.2 Å². The Morgan fingerprint density at radius 1 is 1.16 bits per heavy atom. The van der Waals surface area contributed by atoms with Crippen molar-refractivity contribution < 1.29 is 19.4 Å². The van der Waals surface area contributed by atoms with E-state index in [1.165, 1.54) is 0 Å². The summed E-state index contributed by atoms with van der Waals surface area (Å²) in [5, 5.41) is 13.5. The van der Waals surface area contributed by atoms with Gasteiger partial charge in [0.05, 0.1) is 19.9 Å². The number of benzene rings is 1. The van der Waals surface area contributed by atoms with Crippen LogP contribution in [0.25, 0.3) is 0 Å². The van der Waals surface area contributed by atoms with Gasteiger partial charge in [0.1, 0.15) is 17.3 Å². The maximum atomic E-state index is 11.3. The standard InChI is InChI=1S/C18H25N3O4/c1-18(2,3)15-14(20-21(16(15)19)17(22)23)7-6-11-8-12(24-4)10-13(9-11)25-5/h8-10H,6-7,19H2,1-5H3,(H,22,23). The Bertz CT molecular complexity index is 753. The smallest absolute Gasteiger partial charge is 0.434 e. The second-order valence-corrected chi connectivity index (χ2v) is 6.87. The number of nitrogens with zero attached hydrogens (tertiary/aromatic N) is 2. The summed E-state index contributed by atoms with van der Waals surface area (Å²) in [6, 6.07) is 5.66. The van der Waals surface area contributed by atoms with Gasteiger partial charge in [-0.1, -0.05) is 20.8 Å². The van der Waals surface area contributed by atoms with E-state index < -0.39 is 6.09 Å². The first-order valence-corrected chi connectivity index (χ1v) is 8.00. The molecule has 0 aliphatic carbocycles. The minimum atomic E-state index is -1.18. The van der Waals surface area contributed by atoms with Crippen molar-refractivity contribution in [2.45, 2.75) is 39.0 Å². The Morgan fingerprint density at radius 3 is 2.16 bits per heavy atom. The number of methoxy groups -OCH3 is 2. The maximum absolute atomic E-state index is 11.3. The van der Waals surface area contributed by atoms with Crippen LogP contribution in [-0.2, 0) is 18.3 Å². The van der Waals surface area contributed by atoms with E-state index in [9.17, 15) is 9.90 Å². The van der Waals surface area contributed by atoms with Crippen molar-refractivity contribution in [2.24, 2.45) is 0 Å². The molecular formula is C18H25N3O4. The minimum Gasteiger partial charge on any atom is -0.497 e. The molecule has 0 amide bonds. The third-order valence-corrected chi connectivity index (χ3v) is 3.99. The molecule has 25 heavy (non-hydrogen) atoms. The van der Waals surface area contributed by atoms with E-state index in [1.54, 1.807) is 20.3 Å². The van der Waals surface area contributed by atoms with Gasteiger partial charge in [-0.2, -0.15) is 5.10 Å². The molecule has 1 aromatic heterocycles. The van der Waals surface area contributed by atoms with E-state index in [0.29, 0.717) is 30.0 Å². The van der Waals surface area contributed by atoms with Crippen molar-refractivity contribution in [2.75, 3.05) is 20.0 Å². The fraction of sp³-hybridized carbons (Fsp3) is 0.444. The Balaban J connectivity index is 2.35. The van der Waals surface area contributed by atoms with E-state index >= 15 is 0 Å². The van der Waals surface area contributed by atoms with E-state index in [-0.39, 0.29) is 11.2 Å². The molecule has 0 saturated carbocycles. The first-order valence-electron chi connectivity index (χ1n) is 8.00. The van der Waals surface area contributed by atoms with Gasteiger partial charge in [0.2, 0.25) is 0 Å². The molecule has 0 aliphatic heterocycles. The molecule has 3 N–H and O–H groups in total. The number of rotatable bonds is 5. The van der Waals surface area contributed by atoms with Crippen LogP contribution in [0.2, 0.25) is 0 Å². The van der Waals surface area contributed by atoms with Gasteiger partial charge in [0.15, 0.2) is 0 Å². The Kier molecular flexibility index (Phi) is 5.25. The Morgan fingerprint density at radius 2 is 1.72 bits per heavy atom. The number of aromatic nitrogens is 2. The van der Waals surface area contributed by atoms with Gasteiger partial charge >= 0.3 is 6.09 Å². The van der Waals surface area contributed by atoms with Crippen LogP contribution in [0.5, 0.6) is 11.5 Å². The van der Waals surface area contributed by atoms with Crippen LogP contribution >= 0.6 is 0 Å². The summed E-state index contributed by atoms with van der Waals surface area (Å²) in [7, 11) is 3.21. The molecule has 2 aromatic rings. The molecule has 0 unspecified atom stereocenters. The lowest BCUT2D eigenvalue weighted by molar-refractivity contribution is 0.193. The highest BCUT2D eigenvalue weighted by atomic mass is 16.5. The van der Waals surface area contributed by atoms with Gasteiger partial charge in [-0.3, -0.25) is 0 Å². The predicted molar refractivity (Wildman–Crippen MR) is 95.7 cm³/mol. The van der Waals surface area contributed by atoms with Gasteiger partial charge in [0, 0.05) is 11.6 Å². The van der Waals surface area contributed by atoms with Crippen molar-refractivity contribution in [3.63, 3.8) is 0 Å². The summed E-state index contributed by atoms with van der Waals surface area (Å²) in [4.78, 5) is 11.3. The summed E-state index contributed by atoms with van der Waals surface area (Å²) in [6.07, 6.45) is 0.0393. The fourth-order valence-electron chi connectivity index (χ4n) is 2.89. The molecule has 2 rings (SSSR count). The molecule has 1 aromatic carbocycles. The summed E-state index contributed by atoms with van der Waals surface area (Å²) in [5.41, 5.74) is 8.20. The molecule has 0 atom stereocenters. The van der Waals surface area contributed by atoms with Crippen LogP contribution in [0, 0.1) is 0 Å². The number of anilines is 1. The number of ether oxygens (including phenoxy) is 2. The molecule has 136 valence electrons. The van der Waals surface area contributed by atoms with E-state index in [4.69, 9.17) is 15.2 Å². The largest absolute Gasteiger partial charge is 0.497 e. The topological polar surface area (TPSA) is 99.6 Å². The van der Waals surface area contributed by atoms with Gasteiger partial charge in [-0.05, 0) is 36.0 Å². The van der Waals surface area contributed by atoms with Crippen LogP contribution in [0.4, 0.5) is 10.6 Å². The summed E-state index contributed by atoms with van der Waals surface area (Å²) in [6.45, 7) is 5.97. The number of carboxylic acid groups (broad SMARTS) is 1. The van der Waals surface area contributed by atoms with Gasteiger partial charge in [0.25, 0.3) is 0 Å². The molecule has 0 spiro atoms. The number of hydrogen-bond acceptors (Lipinski definition) is 5. The van der Waals surface area contributed by atoms with Crippen LogP contribution in [0.3, 0.4) is 0 Å². The average molecular weight is 347 g/mol.